The first-order valence-electron chi connectivity index (χ1n) is 9.65. The minimum atomic E-state index is -0.275. The molecule has 30 heavy (non-hydrogen) atoms. The van der Waals surface area contributed by atoms with Gasteiger partial charge in [-0.15, -0.1) is 0 Å². The van der Waals surface area contributed by atoms with Gasteiger partial charge in [-0.25, -0.2) is 4.68 Å². The Morgan fingerprint density at radius 2 is 1.70 bits per heavy atom. The Morgan fingerprint density at radius 1 is 0.967 bits per heavy atom. The van der Waals surface area contributed by atoms with Gasteiger partial charge in [0, 0.05) is 31.0 Å². The van der Waals surface area contributed by atoms with Crippen molar-refractivity contribution < 1.29 is 9.59 Å². The molecular formula is C22H22Cl2N4O2. The van der Waals surface area contributed by atoms with Crippen LogP contribution in [-0.4, -0.2) is 28.1 Å². The van der Waals surface area contributed by atoms with Crippen LogP contribution in [0, 0.1) is 0 Å². The lowest BCUT2D eigenvalue weighted by Crippen LogP contribution is -2.25. The zero-order valence-corrected chi connectivity index (χ0v) is 18.0. The monoisotopic (exact) mass is 444 g/mol. The topological polar surface area (TPSA) is 76.0 Å². The number of anilines is 1. The van der Waals surface area contributed by atoms with E-state index < -0.39 is 0 Å². The first-order valence-corrected chi connectivity index (χ1v) is 10.4. The SMILES string of the molecule is CCCNC(=O)CCC(=O)Nc1cc(-c2ccccc2)nn1-c1ccc(Cl)c(Cl)c1. The summed E-state index contributed by atoms with van der Waals surface area (Å²) in [4.78, 5) is 24.2. The van der Waals surface area contributed by atoms with Crippen LogP contribution in [0.15, 0.2) is 54.6 Å². The van der Waals surface area contributed by atoms with E-state index in [0.29, 0.717) is 33.8 Å². The van der Waals surface area contributed by atoms with Crippen molar-refractivity contribution in [2.24, 2.45) is 0 Å². The van der Waals surface area contributed by atoms with Gasteiger partial charge in [-0.05, 0) is 24.6 Å². The van der Waals surface area contributed by atoms with Crippen molar-refractivity contribution in [3.8, 4) is 16.9 Å². The summed E-state index contributed by atoms with van der Waals surface area (Å²) in [6, 6.07) is 16.5. The van der Waals surface area contributed by atoms with Crippen molar-refractivity contribution in [1.29, 1.82) is 0 Å². The van der Waals surface area contributed by atoms with Gasteiger partial charge in [0.15, 0.2) is 0 Å². The smallest absolute Gasteiger partial charge is 0.226 e. The van der Waals surface area contributed by atoms with E-state index in [9.17, 15) is 9.59 Å². The Balaban J connectivity index is 1.84. The van der Waals surface area contributed by atoms with Gasteiger partial charge in [-0.3, -0.25) is 9.59 Å². The molecule has 0 saturated carbocycles. The molecule has 0 saturated heterocycles. The van der Waals surface area contributed by atoms with Gasteiger partial charge in [-0.1, -0.05) is 60.5 Å². The first kappa shape index (κ1) is 21.9. The van der Waals surface area contributed by atoms with E-state index in [1.165, 1.54) is 0 Å². The summed E-state index contributed by atoms with van der Waals surface area (Å²) >= 11 is 12.2. The maximum atomic E-state index is 12.5. The highest BCUT2D eigenvalue weighted by molar-refractivity contribution is 6.42. The number of hydrogen-bond acceptors (Lipinski definition) is 3. The Hall–Kier alpha value is -2.83. The summed E-state index contributed by atoms with van der Waals surface area (Å²) in [5, 5.41) is 11.1. The summed E-state index contributed by atoms with van der Waals surface area (Å²) in [7, 11) is 0. The van der Waals surface area contributed by atoms with Crippen molar-refractivity contribution in [3.05, 3.63) is 64.6 Å². The number of nitrogens with one attached hydrogen (secondary N) is 2. The molecule has 156 valence electrons. The second-order valence-corrected chi connectivity index (χ2v) is 7.50. The molecule has 1 aromatic heterocycles. The molecule has 2 aromatic carbocycles. The van der Waals surface area contributed by atoms with Crippen LogP contribution in [0.25, 0.3) is 16.9 Å². The van der Waals surface area contributed by atoms with Crippen LogP contribution >= 0.6 is 23.2 Å². The molecular weight excluding hydrogens is 423 g/mol. The highest BCUT2D eigenvalue weighted by atomic mass is 35.5. The standard InChI is InChI=1S/C22H22Cl2N4O2/c1-2-12-25-21(29)10-11-22(30)26-20-14-19(15-6-4-3-5-7-15)27-28(20)16-8-9-17(23)18(24)13-16/h3-9,13-14H,2,10-12H2,1H3,(H,25,29)(H,26,30). The number of carbonyl (C=O) groups excluding carboxylic acids is 2. The lowest BCUT2D eigenvalue weighted by Gasteiger charge is -2.10. The van der Waals surface area contributed by atoms with Crippen LogP contribution in [0.4, 0.5) is 5.82 Å². The second-order valence-electron chi connectivity index (χ2n) is 6.69. The maximum Gasteiger partial charge on any atom is 0.226 e. The van der Waals surface area contributed by atoms with Gasteiger partial charge in [0.2, 0.25) is 11.8 Å². The zero-order valence-electron chi connectivity index (χ0n) is 16.5. The lowest BCUT2D eigenvalue weighted by atomic mass is 10.1. The summed E-state index contributed by atoms with van der Waals surface area (Å²) in [5.74, 6) is 0.0589. The molecule has 2 N–H and O–H groups in total. The average Bonchev–Trinajstić information content (AvgIpc) is 3.17. The van der Waals surface area contributed by atoms with Crippen molar-refractivity contribution in [2.75, 3.05) is 11.9 Å². The molecule has 0 unspecified atom stereocenters. The van der Waals surface area contributed by atoms with E-state index in [0.717, 1.165) is 12.0 Å². The van der Waals surface area contributed by atoms with Crippen molar-refractivity contribution >= 4 is 40.8 Å². The molecule has 1 heterocycles. The predicted molar refractivity (Wildman–Crippen MR) is 120 cm³/mol. The van der Waals surface area contributed by atoms with Crippen LogP contribution < -0.4 is 10.6 Å². The molecule has 0 fully saturated rings. The van der Waals surface area contributed by atoms with E-state index in [1.807, 2.05) is 37.3 Å². The summed E-state index contributed by atoms with van der Waals surface area (Å²) in [5.41, 5.74) is 2.26. The minimum absolute atomic E-state index is 0.0722. The van der Waals surface area contributed by atoms with Crippen LogP contribution in [0.3, 0.4) is 0 Å². The molecule has 0 atom stereocenters. The number of halogens is 2. The van der Waals surface area contributed by atoms with E-state index in [4.69, 9.17) is 23.2 Å². The highest BCUT2D eigenvalue weighted by Gasteiger charge is 2.15. The van der Waals surface area contributed by atoms with E-state index >= 15 is 0 Å². The fourth-order valence-corrected chi connectivity index (χ4v) is 3.11. The van der Waals surface area contributed by atoms with Crippen LogP contribution in [0.5, 0.6) is 0 Å². The molecule has 2 amide bonds. The molecule has 0 radical (unpaired) electrons. The number of amides is 2. The minimum Gasteiger partial charge on any atom is -0.356 e. The molecule has 8 heteroatoms. The fourth-order valence-electron chi connectivity index (χ4n) is 2.82. The van der Waals surface area contributed by atoms with Crippen molar-refractivity contribution in [1.82, 2.24) is 15.1 Å². The van der Waals surface area contributed by atoms with E-state index in [2.05, 4.69) is 15.7 Å². The summed E-state index contributed by atoms with van der Waals surface area (Å²) in [6.45, 7) is 2.58. The summed E-state index contributed by atoms with van der Waals surface area (Å²) in [6.07, 6.45) is 1.05. The Morgan fingerprint density at radius 3 is 2.40 bits per heavy atom. The highest BCUT2D eigenvalue weighted by Crippen LogP contribution is 2.29. The Kier molecular flexibility index (Phi) is 7.49. The molecule has 3 rings (SSSR count). The van der Waals surface area contributed by atoms with Gasteiger partial charge in [0.1, 0.15) is 5.82 Å². The predicted octanol–water partition coefficient (Wildman–Crippen LogP) is 5.09. The molecule has 0 spiro atoms. The molecule has 0 aliphatic heterocycles. The molecule has 3 aromatic rings. The third-order valence-corrected chi connectivity index (χ3v) is 5.08. The van der Waals surface area contributed by atoms with Gasteiger partial charge in [0.25, 0.3) is 0 Å². The van der Waals surface area contributed by atoms with E-state index in [-0.39, 0.29) is 24.7 Å². The third-order valence-electron chi connectivity index (χ3n) is 4.35. The molecule has 0 aliphatic carbocycles. The molecule has 0 aliphatic rings. The molecule has 6 nitrogen and oxygen atoms in total. The average molecular weight is 445 g/mol. The number of benzene rings is 2. The fraction of sp³-hybridized carbons (Fsp3) is 0.227. The largest absolute Gasteiger partial charge is 0.356 e. The first-order chi connectivity index (χ1) is 14.5. The number of aromatic nitrogens is 2. The van der Waals surface area contributed by atoms with Crippen LogP contribution in [0.1, 0.15) is 26.2 Å². The van der Waals surface area contributed by atoms with Crippen molar-refractivity contribution in [3.63, 3.8) is 0 Å². The Labute approximate surface area is 185 Å². The molecule has 0 bridgehead atoms. The summed E-state index contributed by atoms with van der Waals surface area (Å²) < 4.78 is 1.60. The second kappa shape index (κ2) is 10.3. The number of carbonyl (C=O) groups is 2. The van der Waals surface area contributed by atoms with Gasteiger partial charge >= 0.3 is 0 Å². The maximum absolute atomic E-state index is 12.5. The van der Waals surface area contributed by atoms with Crippen LogP contribution in [-0.2, 0) is 9.59 Å². The van der Waals surface area contributed by atoms with E-state index in [1.54, 1.807) is 28.9 Å². The number of hydrogen-bond donors (Lipinski definition) is 2. The van der Waals surface area contributed by atoms with Gasteiger partial charge < -0.3 is 10.6 Å². The van der Waals surface area contributed by atoms with Crippen molar-refractivity contribution in [2.45, 2.75) is 26.2 Å². The normalized spacial score (nSPS) is 10.6. The third kappa shape index (κ3) is 5.62. The van der Waals surface area contributed by atoms with Crippen LogP contribution in [0.2, 0.25) is 10.0 Å². The van der Waals surface area contributed by atoms with Gasteiger partial charge in [-0.2, -0.15) is 5.10 Å². The zero-order chi connectivity index (χ0) is 21.5. The van der Waals surface area contributed by atoms with Gasteiger partial charge in [0.05, 0.1) is 21.4 Å². The quantitative estimate of drug-likeness (QED) is 0.507. The Bertz CT molecular complexity index is 1030. The number of nitrogens with zero attached hydrogens (tertiary/aromatic N) is 2. The number of rotatable bonds is 8. The lowest BCUT2D eigenvalue weighted by molar-refractivity contribution is -0.124.